The SMILES string of the molecule is CC1CC1(CNC(=O)CCN(C)C)c1ccc(F)cc1F. The van der Waals surface area contributed by atoms with Crippen LogP contribution in [0.4, 0.5) is 8.78 Å². The molecule has 1 aromatic rings. The fourth-order valence-corrected chi connectivity index (χ4v) is 2.77. The number of carbonyl (C=O) groups is 1. The maximum absolute atomic E-state index is 14.0. The van der Waals surface area contributed by atoms with Crippen molar-refractivity contribution in [3.05, 3.63) is 35.4 Å². The van der Waals surface area contributed by atoms with Crippen LogP contribution < -0.4 is 5.32 Å². The third-order valence-corrected chi connectivity index (χ3v) is 4.31. The van der Waals surface area contributed by atoms with Crippen LogP contribution in [0.15, 0.2) is 18.2 Å². The minimum absolute atomic E-state index is 0.0373. The first-order chi connectivity index (χ1) is 9.85. The average molecular weight is 296 g/mol. The number of halogens is 2. The smallest absolute Gasteiger partial charge is 0.221 e. The standard InChI is InChI=1S/C16H22F2N2O/c1-11-9-16(11,10-19-15(21)6-7-20(2)3)13-5-4-12(17)8-14(13)18/h4-5,8,11H,6-7,9-10H2,1-3H3,(H,19,21). The summed E-state index contributed by atoms with van der Waals surface area (Å²) in [4.78, 5) is 13.7. The van der Waals surface area contributed by atoms with Gasteiger partial charge >= 0.3 is 0 Å². The van der Waals surface area contributed by atoms with Crippen molar-refractivity contribution < 1.29 is 13.6 Å². The zero-order valence-corrected chi connectivity index (χ0v) is 12.7. The van der Waals surface area contributed by atoms with Gasteiger partial charge in [0.15, 0.2) is 0 Å². The van der Waals surface area contributed by atoms with Crippen molar-refractivity contribution >= 4 is 5.91 Å². The Morgan fingerprint density at radius 3 is 2.62 bits per heavy atom. The topological polar surface area (TPSA) is 32.3 Å². The molecule has 0 heterocycles. The van der Waals surface area contributed by atoms with Crippen LogP contribution in [0.3, 0.4) is 0 Å². The molecule has 1 amide bonds. The van der Waals surface area contributed by atoms with Gasteiger partial charge in [-0.05, 0) is 38.1 Å². The fourth-order valence-electron chi connectivity index (χ4n) is 2.77. The minimum Gasteiger partial charge on any atom is -0.355 e. The van der Waals surface area contributed by atoms with E-state index in [0.717, 1.165) is 12.5 Å². The first kappa shape index (κ1) is 15.9. The van der Waals surface area contributed by atoms with Crippen molar-refractivity contribution in [2.24, 2.45) is 5.92 Å². The number of rotatable bonds is 6. The number of amides is 1. The van der Waals surface area contributed by atoms with Gasteiger partial charge in [-0.1, -0.05) is 13.0 Å². The maximum atomic E-state index is 14.0. The molecule has 2 atom stereocenters. The summed E-state index contributed by atoms with van der Waals surface area (Å²) in [5, 5.41) is 2.89. The van der Waals surface area contributed by atoms with Crippen molar-refractivity contribution in [3.8, 4) is 0 Å². The van der Waals surface area contributed by atoms with E-state index in [-0.39, 0.29) is 17.2 Å². The molecule has 1 N–H and O–H groups in total. The lowest BCUT2D eigenvalue weighted by molar-refractivity contribution is -0.121. The maximum Gasteiger partial charge on any atom is 0.221 e. The van der Waals surface area contributed by atoms with Gasteiger partial charge < -0.3 is 10.2 Å². The highest BCUT2D eigenvalue weighted by Crippen LogP contribution is 2.54. The number of hydrogen-bond acceptors (Lipinski definition) is 2. The van der Waals surface area contributed by atoms with E-state index in [2.05, 4.69) is 5.32 Å². The van der Waals surface area contributed by atoms with Crippen molar-refractivity contribution in [3.63, 3.8) is 0 Å². The molecular formula is C16H22F2N2O. The lowest BCUT2D eigenvalue weighted by atomic mass is 9.92. The van der Waals surface area contributed by atoms with Crippen molar-refractivity contribution in [1.29, 1.82) is 0 Å². The lowest BCUT2D eigenvalue weighted by Gasteiger charge is -2.19. The van der Waals surface area contributed by atoms with Gasteiger partial charge in [0.1, 0.15) is 11.6 Å². The van der Waals surface area contributed by atoms with Gasteiger partial charge in [-0.25, -0.2) is 8.78 Å². The van der Waals surface area contributed by atoms with Crippen LogP contribution in [-0.4, -0.2) is 38.0 Å². The summed E-state index contributed by atoms with van der Waals surface area (Å²) in [6.45, 7) is 3.11. The van der Waals surface area contributed by atoms with E-state index in [1.54, 1.807) is 0 Å². The molecular weight excluding hydrogens is 274 g/mol. The largest absolute Gasteiger partial charge is 0.355 e. The second-order valence-corrected chi connectivity index (χ2v) is 6.22. The highest BCUT2D eigenvalue weighted by Gasteiger charge is 2.53. The van der Waals surface area contributed by atoms with E-state index < -0.39 is 11.6 Å². The molecule has 1 aliphatic rings. The summed E-state index contributed by atoms with van der Waals surface area (Å²) in [6.07, 6.45) is 1.23. The van der Waals surface area contributed by atoms with Gasteiger partial charge in [-0.3, -0.25) is 4.79 Å². The van der Waals surface area contributed by atoms with Crippen molar-refractivity contribution in [2.75, 3.05) is 27.2 Å². The van der Waals surface area contributed by atoms with Gasteiger partial charge in [0, 0.05) is 31.0 Å². The Labute approximate surface area is 124 Å². The van der Waals surface area contributed by atoms with Crippen LogP contribution >= 0.6 is 0 Å². The number of carbonyl (C=O) groups excluding carboxylic acids is 1. The molecule has 1 aliphatic carbocycles. The van der Waals surface area contributed by atoms with Gasteiger partial charge in [-0.15, -0.1) is 0 Å². The lowest BCUT2D eigenvalue weighted by Crippen LogP contribution is -2.35. The Balaban J connectivity index is 2.01. The molecule has 0 aliphatic heterocycles. The third-order valence-electron chi connectivity index (χ3n) is 4.31. The fraction of sp³-hybridized carbons (Fsp3) is 0.562. The van der Waals surface area contributed by atoms with Gasteiger partial charge in [0.25, 0.3) is 0 Å². The highest BCUT2D eigenvalue weighted by atomic mass is 19.1. The third kappa shape index (κ3) is 3.59. The molecule has 1 saturated carbocycles. The van der Waals surface area contributed by atoms with Crippen molar-refractivity contribution in [2.45, 2.75) is 25.2 Å². The zero-order valence-electron chi connectivity index (χ0n) is 12.7. The van der Waals surface area contributed by atoms with E-state index in [0.29, 0.717) is 25.1 Å². The predicted molar refractivity (Wildman–Crippen MR) is 78.0 cm³/mol. The number of nitrogens with zero attached hydrogens (tertiary/aromatic N) is 1. The number of benzene rings is 1. The molecule has 2 unspecified atom stereocenters. The predicted octanol–water partition coefficient (Wildman–Crippen LogP) is 2.31. The second kappa shape index (κ2) is 6.10. The summed E-state index contributed by atoms with van der Waals surface area (Å²) in [5.41, 5.74) is 0.121. The molecule has 2 rings (SSSR count). The minimum atomic E-state index is -0.574. The van der Waals surface area contributed by atoms with E-state index in [4.69, 9.17) is 0 Å². The van der Waals surface area contributed by atoms with Crippen LogP contribution in [0.5, 0.6) is 0 Å². The first-order valence-electron chi connectivity index (χ1n) is 7.22. The monoisotopic (exact) mass is 296 g/mol. The molecule has 0 radical (unpaired) electrons. The van der Waals surface area contributed by atoms with E-state index in [1.165, 1.54) is 12.1 Å². The molecule has 3 nitrogen and oxygen atoms in total. The average Bonchev–Trinajstić information content (AvgIpc) is 3.05. The summed E-state index contributed by atoms with van der Waals surface area (Å²) in [7, 11) is 3.82. The first-order valence-corrected chi connectivity index (χ1v) is 7.22. The molecule has 5 heteroatoms. The quantitative estimate of drug-likeness (QED) is 0.873. The zero-order chi connectivity index (χ0) is 15.6. The highest BCUT2D eigenvalue weighted by molar-refractivity contribution is 5.76. The number of nitrogens with one attached hydrogen (secondary N) is 1. The molecule has 1 aromatic carbocycles. The summed E-state index contributed by atoms with van der Waals surface area (Å²) in [6, 6.07) is 3.69. The number of hydrogen-bond donors (Lipinski definition) is 1. The van der Waals surface area contributed by atoms with Gasteiger partial charge in [-0.2, -0.15) is 0 Å². The molecule has 0 bridgehead atoms. The van der Waals surface area contributed by atoms with Crippen LogP contribution in [-0.2, 0) is 10.2 Å². The van der Waals surface area contributed by atoms with Crippen LogP contribution in [0.25, 0.3) is 0 Å². The second-order valence-electron chi connectivity index (χ2n) is 6.22. The molecule has 21 heavy (non-hydrogen) atoms. The van der Waals surface area contributed by atoms with E-state index in [9.17, 15) is 13.6 Å². The van der Waals surface area contributed by atoms with Crippen LogP contribution in [0.2, 0.25) is 0 Å². The van der Waals surface area contributed by atoms with Gasteiger partial charge in [0.05, 0.1) is 0 Å². The van der Waals surface area contributed by atoms with Gasteiger partial charge in [0.2, 0.25) is 5.91 Å². The normalized spacial score (nSPS) is 24.2. The molecule has 0 aromatic heterocycles. The Kier molecular flexibility index (Phi) is 4.61. The molecule has 1 fully saturated rings. The molecule has 116 valence electrons. The molecule has 0 saturated heterocycles. The summed E-state index contributed by atoms with van der Waals surface area (Å²) >= 11 is 0. The van der Waals surface area contributed by atoms with E-state index in [1.807, 2.05) is 25.9 Å². The Morgan fingerprint density at radius 1 is 1.43 bits per heavy atom. The Morgan fingerprint density at radius 2 is 2.10 bits per heavy atom. The van der Waals surface area contributed by atoms with E-state index >= 15 is 0 Å². The van der Waals surface area contributed by atoms with Crippen LogP contribution in [0, 0.1) is 17.6 Å². The van der Waals surface area contributed by atoms with Crippen molar-refractivity contribution in [1.82, 2.24) is 10.2 Å². The molecule has 0 spiro atoms. The summed E-state index contributed by atoms with van der Waals surface area (Å²) < 4.78 is 27.0. The Bertz CT molecular complexity index is 533. The Hall–Kier alpha value is -1.49. The van der Waals surface area contributed by atoms with Crippen LogP contribution in [0.1, 0.15) is 25.3 Å². The summed E-state index contributed by atoms with van der Waals surface area (Å²) in [5.74, 6) is -0.854.